The number of benzene rings is 1. The Hall–Kier alpha value is -2.35. The van der Waals surface area contributed by atoms with Crippen LogP contribution in [0.15, 0.2) is 22.7 Å². The Labute approximate surface area is 118 Å². The van der Waals surface area contributed by atoms with Gasteiger partial charge in [-0.1, -0.05) is 5.16 Å². The molecule has 110 valence electrons. The Kier molecular flexibility index (Phi) is 3.61. The second kappa shape index (κ2) is 5.57. The molecule has 0 spiro atoms. The quantitative estimate of drug-likeness (QED) is 0.905. The molecule has 1 aromatic heterocycles. The van der Waals surface area contributed by atoms with Crippen LogP contribution in [-0.2, 0) is 0 Å². The minimum atomic E-state index is -0.871. The fraction of sp³-hybridized carbons (Fsp3) is 0.308. The maximum Gasteiger partial charge on any atom is 0.297 e. The third-order valence-electron chi connectivity index (χ3n) is 3.18. The van der Waals surface area contributed by atoms with Gasteiger partial charge in [-0.25, -0.2) is 8.78 Å². The molecular formula is C13H12F2N4O2. The van der Waals surface area contributed by atoms with E-state index in [2.05, 4.69) is 20.8 Å². The van der Waals surface area contributed by atoms with E-state index >= 15 is 0 Å². The zero-order valence-corrected chi connectivity index (χ0v) is 10.9. The Morgan fingerprint density at radius 3 is 3.00 bits per heavy atom. The van der Waals surface area contributed by atoms with Crippen LogP contribution in [-0.4, -0.2) is 22.6 Å². The number of carbonyl (C=O) groups excluding carboxylic acids is 1. The van der Waals surface area contributed by atoms with E-state index in [1.54, 1.807) is 0 Å². The maximum atomic E-state index is 13.4. The molecule has 1 fully saturated rings. The SMILES string of the molecule is O=C(Nc1ccc(F)cc1F)c1noc(C2CCCN2)n1. The van der Waals surface area contributed by atoms with Crippen molar-refractivity contribution < 1.29 is 18.1 Å². The lowest BCUT2D eigenvalue weighted by molar-refractivity contribution is 0.101. The van der Waals surface area contributed by atoms with E-state index in [0.717, 1.165) is 31.5 Å². The predicted molar refractivity (Wildman–Crippen MR) is 68.6 cm³/mol. The Morgan fingerprint density at radius 2 is 2.29 bits per heavy atom. The van der Waals surface area contributed by atoms with E-state index < -0.39 is 17.5 Å². The van der Waals surface area contributed by atoms with Crippen LogP contribution in [0.2, 0.25) is 0 Å². The number of nitrogens with one attached hydrogen (secondary N) is 2. The number of carbonyl (C=O) groups is 1. The van der Waals surface area contributed by atoms with Crippen molar-refractivity contribution in [3.05, 3.63) is 41.5 Å². The summed E-state index contributed by atoms with van der Waals surface area (Å²) in [6.07, 6.45) is 1.85. The average molecular weight is 294 g/mol. The minimum absolute atomic E-state index is 0.0541. The van der Waals surface area contributed by atoms with Crippen molar-refractivity contribution in [2.45, 2.75) is 18.9 Å². The summed E-state index contributed by atoms with van der Waals surface area (Å²) in [6.45, 7) is 0.857. The molecule has 6 nitrogen and oxygen atoms in total. The summed E-state index contributed by atoms with van der Waals surface area (Å²) in [4.78, 5) is 15.9. The van der Waals surface area contributed by atoms with Crippen molar-refractivity contribution in [1.29, 1.82) is 0 Å². The lowest BCUT2D eigenvalue weighted by Crippen LogP contribution is -2.16. The highest BCUT2D eigenvalue weighted by Gasteiger charge is 2.24. The fourth-order valence-corrected chi connectivity index (χ4v) is 2.13. The molecule has 2 heterocycles. The maximum absolute atomic E-state index is 13.4. The van der Waals surface area contributed by atoms with Gasteiger partial charge in [0.1, 0.15) is 11.6 Å². The summed E-state index contributed by atoms with van der Waals surface area (Å²) in [7, 11) is 0. The number of halogens is 2. The monoisotopic (exact) mass is 294 g/mol. The lowest BCUT2D eigenvalue weighted by Gasteiger charge is -2.03. The molecule has 21 heavy (non-hydrogen) atoms. The van der Waals surface area contributed by atoms with Gasteiger partial charge in [-0.2, -0.15) is 4.98 Å². The largest absolute Gasteiger partial charge is 0.337 e. The number of anilines is 1. The van der Waals surface area contributed by atoms with Crippen molar-refractivity contribution in [2.75, 3.05) is 11.9 Å². The molecule has 8 heteroatoms. The number of aromatic nitrogens is 2. The molecule has 0 bridgehead atoms. The highest BCUT2D eigenvalue weighted by atomic mass is 19.1. The molecule has 3 rings (SSSR count). The first-order valence-electron chi connectivity index (χ1n) is 6.47. The van der Waals surface area contributed by atoms with Gasteiger partial charge in [0.05, 0.1) is 11.7 Å². The number of rotatable bonds is 3. The molecule has 1 amide bonds. The summed E-state index contributed by atoms with van der Waals surface area (Å²) in [5.41, 5.74) is -0.147. The summed E-state index contributed by atoms with van der Waals surface area (Å²) in [5.74, 6) is -2.17. The van der Waals surface area contributed by atoms with Crippen molar-refractivity contribution in [3.63, 3.8) is 0 Å². The third-order valence-corrected chi connectivity index (χ3v) is 3.18. The highest BCUT2D eigenvalue weighted by molar-refractivity contribution is 6.01. The van der Waals surface area contributed by atoms with Crippen LogP contribution in [0, 0.1) is 11.6 Å². The summed E-state index contributed by atoms with van der Waals surface area (Å²) < 4.78 is 31.3. The second-order valence-corrected chi connectivity index (χ2v) is 4.68. The van der Waals surface area contributed by atoms with Crippen LogP contribution in [0.5, 0.6) is 0 Å². The zero-order valence-electron chi connectivity index (χ0n) is 10.9. The van der Waals surface area contributed by atoms with Crippen LogP contribution >= 0.6 is 0 Å². The first-order chi connectivity index (χ1) is 10.1. The van der Waals surface area contributed by atoms with Gasteiger partial charge in [-0.05, 0) is 31.5 Å². The number of nitrogens with zero attached hydrogens (tertiary/aromatic N) is 2. The lowest BCUT2D eigenvalue weighted by atomic mass is 10.2. The van der Waals surface area contributed by atoms with Crippen molar-refractivity contribution >= 4 is 11.6 Å². The third kappa shape index (κ3) is 2.89. The van der Waals surface area contributed by atoms with Gasteiger partial charge in [-0.15, -0.1) is 0 Å². The van der Waals surface area contributed by atoms with Crippen LogP contribution in [0.25, 0.3) is 0 Å². The van der Waals surface area contributed by atoms with Gasteiger partial charge < -0.3 is 15.2 Å². The van der Waals surface area contributed by atoms with Gasteiger partial charge >= 0.3 is 0 Å². The molecule has 1 unspecified atom stereocenters. The average Bonchev–Trinajstić information content (AvgIpc) is 3.10. The number of hydrogen-bond donors (Lipinski definition) is 2. The topological polar surface area (TPSA) is 80.0 Å². The van der Waals surface area contributed by atoms with E-state index in [1.165, 1.54) is 0 Å². The van der Waals surface area contributed by atoms with Gasteiger partial charge in [-0.3, -0.25) is 4.79 Å². The van der Waals surface area contributed by atoms with Crippen molar-refractivity contribution in [1.82, 2.24) is 15.5 Å². The van der Waals surface area contributed by atoms with Gasteiger partial charge in [0, 0.05) is 6.07 Å². The molecule has 2 aromatic rings. The standard InChI is InChI=1S/C13H12F2N4O2/c14-7-3-4-9(8(15)6-7)17-12(20)11-18-13(21-19-11)10-2-1-5-16-10/h3-4,6,10,16H,1-2,5H2,(H,17,20). The second-order valence-electron chi connectivity index (χ2n) is 4.68. The Morgan fingerprint density at radius 1 is 1.43 bits per heavy atom. The van der Waals surface area contributed by atoms with Gasteiger partial charge in [0.15, 0.2) is 0 Å². The molecule has 1 saturated heterocycles. The van der Waals surface area contributed by atoms with Gasteiger partial charge in [0.25, 0.3) is 11.7 Å². The molecule has 1 atom stereocenters. The molecule has 1 aromatic carbocycles. The smallest absolute Gasteiger partial charge is 0.297 e. The summed E-state index contributed by atoms with van der Waals surface area (Å²) in [6, 6.07) is 2.80. The van der Waals surface area contributed by atoms with Crippen molar-refractivity contribution in [3.8, 4) is 0 Å². The molecule has 1 aliphatic heterocycles. The number of amides is 1. The van der Waals surface area contributed by atoms with Crippen LogP contribution in [0.3, 0.4) is 0 Å². The number of hydrogen-bond acceptors (Lipinski definition) is 5. The van der Waals surface area contributed by atoms with E-state index in [1.807, 2.05) is 0 Å². The molecule has 0 saturated carbocycles. The molecule has 0 aliphatic carbocycles. The van der Waals surface area contributed by atoms with Crippen LogP contribution < -0.4 is 10.6 Å². The predicted octanol–water partition coefficient (Wildman–Crippen LogP) is 2.02. The van der Waals surface area contributed by atoms with E-state index in [-0.39, 0.29) is 17.6 Å². The molecule has 1 aliphatic rings. The normalized spacial score (nSPS) is 17.9. The first-order valence-corrected chi connectivity index (χ1v) is 6.47. The van der Waals surface area contributed by atoms with E-state index in [4.69, 9.17) is 4.52 Å². The van der Waals surface area contributed by atoms with Crippen LogP contribution in [0.4, 0.5) is 14.5 Å². The van der Waals surface area contributed by atoms with E-state index in [9.17, 15) is 13.6 Å². The fourth-order valence-electron chi connectivity index (χ4n) is 2.13. The van der Waals surface area contributed by atoms with Gasteiger partial charge in [0.2, 0.25) is 5.89 Å². The summed E-state index contributed by atoms with van der Waals surface area (Å²) >= 11 is 0. The van der Waals surface area contributed by atoms with Crippen molar-refractivity contribution in [2.24, 2.45) is 0 Å². The molecule has 0 radical (unpaired) electrons. The molecule has 2 N–H and O–H groups in total. The Bertz CT molecular complexity index is 668. The zero-order chi connectivity index (χ0) is 14.8. The van der Waals surface area contributed by atoms with Crippen LogP contribution in [0.1, 0.15) is 35.4 Å². The molecular weight excluding hydrogens is 282 g/mol. The Balaban J connectivity index is 1.73. The summed E-state index contributed by atoms with van der Waals surface area (Å²) in [5, 5.41) is 9.00. The minimum Gasteiger partial charge on any atom is -0.337 e. The highest BCUT2D eigenvalue weighted by Crippen LogP contribution is 2.21. The first kappa shape index (κ1) is 13.6. The van der Waals surface area contributed by atoms with E-state index in [0.29, 0.717) is 12.0 Å².